The van der Waals surface area contributed by atoms with Crippen molar-refractivity contribution >= 4 is 69.8 Å². The summed E-state index contributed by atoms with van der Waals surface area (Å²) in [6.45, 7) is 12.6. The first kappa shape index (κ1) is 76.5. The van der Waals surface area contributed by atoms with Crippen molar-refractivity contribution in [2.45, 2.75) is 122 Å². The number of aryl methyl sites for hydroxylation is 4. The molecular formula is C76H82F8N24O. The number of nitrogens with one attached hydrogen (secondary N) is 8. The molecule has 33 heteroatoms. The summed E-state index contributed by atoms with van der Waals surface area (Å²) in [6.07, 6.45) is 12.4. The number of ether oxygens (including phenoxy) is 1. The van der Waals surface area contributed by atoms with Crippen LogP contribution < -0.4 is 42.1 Å². The summed E-state index contributed by atoms with van der Waals surface area (Å²) in [6, 6.07) is 27.8. The van der Waals surface area contributed by atoms with Gasteiger partial charge in [-0.05, 0) is 104 Å². The summed E-state index contributed by atoms with van der Waals surface area (Å²) in [5.41, 5.74) is 5.88. The van der Waals surface area contributed by atoms with Gasteiger partial charge in [-0.25, -0.2) is 75.0 Å². The van der Waals surface area contributed by atoms with E-state index in [1.54, 1.807) is 56.6 Å². The van der Waals surface area contributed by atoms with Crippen molar-refractivity contribution in [2.24, 2.45) is 14.1 Å². The number of halogens is 8. The molecule has 0 radical (unpaired) electrons. The highest BCUT2D eigenvalue weighted by Gasteiger charge is 2.29. The highest BCUT2D eigenvalue weighted by atomic mass is 19.2. The molecule has 4 atom stereocenters. The van der Waals surface area contributed by atoms with E-state index in [2.05, 4.69) is 103 Å². The van der Waals surface area contributed by atoms with Crippen molar-refractivity contribution in [3.63, 3.8) is 0 Å². The average molecular weight is 1500 g/mol. The number of nitrogens with zero attached hydrogens (tertiary/aromatic N) is 16. The second kappa shape index (κ2) is 34.6. The molecule has 12 aromatic rings. The van der Waals surface area contributed by atoms with Gasteiger partial charge >= 0.3 is 0 Å². The SMILES string of the molecule is CC(Nc1cc(N(C)c2cc(C3CC3)[nH]n2)ncn1)c1ccc(F)cc1F.CC(Nc1cc(Nc2cc(C3CC3)n(C)n2)ncn1)c1ccc(F)cc1F.Cc1cc(Nc2cc(NC(C)c3ccc(F)cc3F)ncn2)nn1C.Cc1cc(Nc2cc(NC(C)c3ccc(F)cc3F)ncn2)nn1C1CCOCC1. The van der Waals surface area contributed by atoms with Crippen LogP contribution in [0.25, 0.3) is 0 Å². The molecule has 2 saturated carbocycles. The molecule has 2 aliphatic carbocycles. The fourth-order valence-corrected chi connectivity index (χ4v) is 12.1. The van der Waals surface area contributed by atoms with E-state index in [1.165, 1.54) is 105 Å². The molecule has 0 amide bonds. The second-order valence-corrected chi connectivity index (χ2v) is 26.8. The summed E-state index contributed by atoms with van der Waals surface area (Å²) in [7, 11) is 5.67. The predicted octanol–water partition coefficient (Wildman–Crippen LogP) is 16.8. The van der Waals surface area contributed by atoms with E-state index in [-0.39, 0.29) is 18.1 Å². The van der Waals surface area contributed by atoms with Crippen LogP contribution in [-0.2, 0) is 18.8 Å². The molecule has 4 unspecified atom stereocenters. The van der Waals surface area contributed by atoms with E-state index in [1.807, 2.05) is 73.5 Å². The topological polar surface area (TPSA) is 282 Å². The van der Waals surface area contributed by atoms with Gasteiger partial charge in [-0.15, -0.1) is 0 Å². The fourth-order valence-electron chi connectivity index (χ4n) is 12.1. The zero-order chi connectivity index (χ0) is 77.0. The standard InChI is InChI=1S/C21H24F2N6O.2C19H20F2N6.C17H18F2N6/c1-13-9-21(28-29(13)16-5-7-30-8-6-16)27-20-11-19(24-12-25-20)26-14(2)17-4-3-15(22)10-18(17)23;1-11(14-6-5-13(20)7-15(14)21)24-17-9-18(23-10-22-17)25-19-8-16(12-3-4-12)27(2)26-19;1-11(14-6-5-13(20)7-15(14)21)24-17-9-18(23-10-22-17)27(2)19-8-16(25-26-19)12-3-4-12;1-10-6-17(24-25(10)3)23-16-8-15(20-9-21-16)22-11(2)13-5-4-12(18)7-14(13)19/h3-4,9-12,14,16H,5-8H2,1-2H3,(H2,24,25,26,27,28);5-12H,3-4H2,1-2H3,(H2,22,23,24,25,26);5-12H,3-4H2,1-2H3,(H,25,26)(H,22,23,24);4-9,11H,1-3H3,(H2,20,21,22,23,24). The van der Waals surface area contributed by atoms with Gasteiger partial charge in [0.2, 0.25) is 0 Å². The van der Waals surface area contributed by atoms with Crippen molar-refractivity contribution in [2.75, 3.05) is 62.4 Å². The number of aromatic amines is 1. The monoisotopic (exact) mass is 1500 g/mol. The summed E-state index contributed by atoms with van der Waals surface area (Å²) in [5, 5.41) is 42.8. The van der Waals surface area contributed by atoms with Crippen LogP contribution in [0.4, 0.5) is 105 Å². The zero-order valence-corrected chi connectivity index (χ0v) is 61.1. The summed E-state index contributed by atoms with van der Waals surface area (Å²) < 4.78 is 119. The summed E-state index contributed by atoms with van der Waals surface area (Å²) in [4.78, 5) is 35.4. The molecule has 1 aliphatic heterocycles. The third-order valence-electron chi connectivity index (χ3n) is 18.4. The van der Waals surface area contributed by atoms with Gasteiger partial charge in [0.05, 0.1) is 30.2 Å². The van der Waals surface area contributed by atoms with Crippen LogP contribution in [0.2, 0.25) is 0 Å². The highest BCUT2D eigenvalue weighted by molar-refractivity contribution is 5.61. The number of benzene rings is 4. The number of hydrogen-bond donors (Lipinski definition) is 8. The Morgan fingerprint density at radius 2 is 0.780 bits per heavy atom. The molecule has 4 aromatic carbocycles. The Balaban J connectivity index is 0.000000136. The first-order valence-corrected chi connectivity index (χ1v) is 35.3. The van der Waals surface area contributed by atoms with E-state index in [0.717, 1.165) is 79.0 Å². The Morgan fingerprint density at radius 1 is 0.404 bits per heavy atom. The lowest BCUT2D eigenvalue weighted by molar-refractivity contribution is 0.0657. The Labute approximate surface area is 623 Å². The molecule has 0 bridgehead atoms. The zero-order valence-electron chi connectivity index (χ0n) is 61.1. The maximum atomic E-state index is 14.0. The van der Waals surface area contributed by atoms with Crippen LogP contribution in [0, 0.1) is 60.4 Å². The molecule has 109 heavy (non-hydrogen) atoms. The molecule has 8 aromatic heterocycles. The largest absolute Gasteiger partial charge is 0.381 e. The maximum absolute atomic E-state index is 14.0. The summed E-state index contributed by atoms with van der Waals surface area (Å²) in [5.74, 6) is 3.74. The van der Waals surface area contributed by atoms with Crippen LogP contribution in [0.3, 0.4) is 0 Å². The Bertz CT molecular complexity index is 5060. The van der Waals surface area contributed by atoms with Gasteiger partial charge in [0, 0.05) is 164 Å². The number of aromatic nitrogens is 16. The molecule has 3 aliphatic rings. The van der Waals surface area contributed by atoms with Crippen molar-refractivity contribution in [1.29, 1.82) is 0 Å². The first-order chi connectivity index (χ1) is 52.4. The van der Waals surface area contributed by atoms with Crippen LogP contribution in [-0.4, -0.2) is 99.7 Å². The Kier molecular flexibility index (Phi) is 24.3. The molecule has 9 heterocycles. The quantitative estimate of drug-likeness (QED) is 0.0276. The third-order valence-corrected chi connectivity index (χ3v) is 18.4. The van der Waals surface area contributed by atoms with Gasteiger partial charge in [-0.2, -0.15) is 20.4 Å². The van der Waals surface area contributed by atoms with Crippen LogP contribution >= 0.6 is 0 Å². The van der Waals surface area contributed by atoms with Gasteiger partial charge < -0.3 is 46.9 Å². The molecule has 0 spiro atoms. The fraction of sp³-hybridized carbons (Fsp3) is 0.316. The Morgan fingerprint density at radius 3 is 1.18 bits per heavy atom. The molecular weight excluding hydrogens is 1420 g/mol. The first-order valence-electron chi connectivity index (χ1n) is 35.3. The number of hydrogen-bond acceptors (Lipinski definition) is 21. The smallest absolute Gasteiger partial charge is 0.155 e. The normalized spacial score (nSPS) is 14.4. The van der Waals surface area contributed by atoms with E-state index in [0.29, 0.717) is 98.3 Å². The molecule has 8 N–H and O–H groups in total. The molecule has 25 nitrogen and oxygen atoms in total. The second-order valence-electron chi connectivity index (χ2n) is 26.8. The van der Waals surface area contributed by atoms with E-state index in [9.17, 15) is 35.1 Å². The minimum Gasteiger partial charge on any atom is -0.381 e. The highest BCUT2D eigenvalue weighted by Crippen LogP contribution is 2.42. The van der Waals surface area contributed by atoms with Crippen molar-refractivity contribution in [3.05, 3.63) is 238 Å². The van der Waals surface area contributed by atoms with Gasteiger partial charge in [-0.3, -0.25) is 19.1 Å². The van der Waals surface area contributed by atoms with Crippen LogP contribution in [0.1, 0.15) is 153 Å². The van der Waals surface area contributed by atoms with Crippen LogP contribution in [0.15, 0.2) is 147 Å². The van der Waals surface area contributed by atoms with Gasteiger partial charge in [0.15, 0.2) is 23.3 Å². The lowest BCUT2D eigenvalue weighted by atomic mass is 10.1. The molecule has 568 valence electrons. The number of H-pyrrole nitrogens is 1. The van der Waals surface area contributed by atoms with Crippen molar-refractivity contribution < 1.29 is 39.9 Å². The lowest BCUT2D eigenvalue weighted by Gasteiger charge is -2.23. The lowest BCUT2D eigenvalue weighted by Crippen LogP contribution is -2.21. The summed E-state index contributed by atoms with van der Waals surface area (Å²) >= 11 is 0. The van der Waals surface area contributed by atoms with Gasteiger partial charge in [0.1, 0.15) is 118 Å². The van der Waals surface area contributed by atoms with E-state index in [4.69, 9.17) is 4.74 Å². The van der Waals surface area contributed by atoms with Gasteiger partial charge in [-0.1, -0.05) is 24.3 Å². The molecule has 1 saturated heterocycles. The van der Waals surface area contributed by atoms with Crippen molar-refractivity contribution in [3.8, 4) is 0 Å². The minimum atomic E-state index is -0.604. The minimum absolute atomic E-state index is 0.336. The predicted molar refractivity (Wildman–Crippen MR) is 399 cm³/mol. The number of anilines is 12. The molecule has 15 rings (SSSR count). The van der Waals surface area contributed by atoms with Crippen molar-refractivity contribution in [1.82, 2.24) is 79.4 Å². The van der Waals surface area contributed by atoms with E-state index >= 15 is 0 Å². The third kappa shape index (κ3) is 20.5. The number of rotatable bonds is 23. The van der Waals surface area contributed by atoms with E-state index < -0.39 is 52.6 Å². The average Bonchev–Trinajstić information content (AvgIpc) is 1.68. The van der Waals surface area contributed by atoms with Crippen LogP contribution in [0.5, 0.6) is 0 Å². The van der Waals surface area contributed by atoms with Gasteiger partial charge in [0.25, 0.3) is 0 Å². The maximum Gasteiger partial charge on any atom is 0.155 e. The molecule has 3 fully saturated rings. The Hall–Kier alpha value is -12.2.